The van der Waals surface area contributed by atoms with Crippen LogP contribution in [0.4, 0.5) is 0 Å². The molecule has 0 bridgehead atoms. The number of carbonyl (C=O) groups excluding carboxylic acids is 1. The number of carbonyl (C=O) groups is 2. The van der Waals surface area contributed by atoms with Crippen molar-refractivity contribution < 1.29 is 24.2 Å². The molecule has 4 aromatic rings. The predicted octanol–water partition coefficient (Wildman–Crippen LogP) is 6.11. The number of nitrogens with zero attached hydrogens (tertiary/aromatic N) is 2. The van der Waals surface area contributed by atoms with Crippen LogP contribution < -0.4 is 9.47 Å². The van der Waals surface area contributed by atoms with Crippen LogP contribution >= 0.6 is 23.2 Å². The molecular weight excluding hydrogens is 491 g/mol. The number of aromatic nitrogens is 2. The summed E-state index contributed by atoms with van der Waals surface area (Å²) in [4.78, 5) is 33.1. The molecule has 1 aliphatic rings. The second-order valence-electron chi connectivity index (χ2n) is 8.07. The molecule has 35 heavy (non-hydrogen) atoms. The highest BCUT2D eigenvalue weighted by molar-refractivity contribution is 6.32. The zero-order valence-electron chi connectivity index (χ0n) is 18.2. The summed E-state index contributed by atoms with van der Waals surface area (Å²) in [6, 6.07) is 15.0. The summed E-state index contributed by atoms with van der Waals surface area (Å²) in [7, 11) is 0. The second kappa shape index (κ2) is 9.52. The normalized spacial score (nSPS) is 14.7. The minimum atomic E-state index is -0.918. The van der Waals surface area contributed by atoms with Crippen molar-refractivity contribution in [2.45, 2.75) is 18.8 Å². The minimum absolute atomic E-state index is 0.102. The van der Waals surface area contributed by atoms with Gasteiger partial charge >= 0.3 is 5.97 Å². The number of aliphatic carboxylic acids is 1. The highest BCUT2D eigenvalue weighted by Crippen LogP contribution is 2.41. The van der Waals surface area contributed by atoms with E-state index in [1.165, 1.54) is 0 Å². The Morgan fingerprint density at radius 2 is 1.86 bits per heavy atom. The van der Waals surface area contributed by atoms with Crippen LogP contribution in [-0.4, -0.2) is 33.4 Å². The van der Waals surface area contributed by atoms with Gasteiger partial charge in [-0.25, -0.2) is 4.98 Å². The topological polar surface area (TPSA) is 98.6 Å². The number of ether oxygens (including phenoxy) is 2. The molecule has 0 saturated carbocycles. The van der Waals surface area contributed by atoms with E-state index in [0.29, 0.717) is 63.2 Å². The van der Waals surface area contributed by atoms with Gasteiger partial charge < -0.3 is 14.6 Å². The van der Waals surface area contributed by atoms with Gasteiger partial charge in [0, 0.05) is 28.4 Å². The van der Waals surface area contributed by atoms with Crippen LogP contribution in [0, 0.1) is 0 Å². The maximum Gasteiger partial charge on any atom is 0.311 e. The fraction of sp³-hybridized carbons (Fsp3) is 0.154. The molecule has 0 aliphatic carbocycles. The van der Waals surface area contributed by atoms with Crippen LogP contribution in [0.3, 0.4) is 0 Å². The molecule has 9 heteroatoms. The van der Waals surface area contributed by atoms with Crippen LogP contribution in [0.15, 0.2) is 60.8 Å². The van der Waals surface area contributed by atoms with Crippen molar-refractivity contribution in [2.24, 2.45) is 0 Å². The van der Waals surface area contributed by atoms with Crippen molar-refractivity contribution in [2.75, 3.05) is 6.61 Å². The molecule has 1 unspecified atom stereocenters. The Morgan fingerprint density at radius 1 is 1.06 bits per heavy atom. The average molecular weight is 509 g/mol. The zero-order chi connectivity index (χ0) is 24.5. The van der Waals surface area contributed by atoms with Gasteiger partial charge in [0.2, 0.25) is 0 Å². The standard InChI is InChI=1S/C26H18Cl2N2O5/c27-15-3-6-21-22(9-15)29-13-16(30-21)10-23(31)14-1-4-17(5-2-14)35-25-12-24-19(11-20(25)28)18(26(32)33)7-8-34-24/h1-6,9,11-13,18H,7-8,10H2,(H,32,33). The first-order valence-corrected chi connectivity index (χ1v) is 11.5. The monoisotopic (exact) mass is 508 g/mol. The number of carboxylic acid groups (broad SMARTS) is 1. The third kappa shape index (κ3) is 4.92. The molecule has 1 aromatic heterocycles. The van der Waals surface area contributed by atoms with Gasteiger partial charge in [-0.15, -0.1) is 0 Å². The van der Waals surface area contributed by atoms with E-state index in [-0.39, 0.29) is 17.2 Å². The van der Waals surface area contributed by atoms with E-state index < -0.39 is 11.9 Å². The number of halogens is 2. The van der Waals surface area contributed by atoms with Gasteiger partial charge in [-0.2, -0.15) is 0 Å². The molecule has 176 valence electrons. The number of benzene rings is 3. The number of hydrogen-bond donors (Lipinski definition) is 1. The first-order chi connectivity index (χ1) is 16.9. The molecular formula is C26H18Cl2N2O5. The third-order valence-electron chi connectivity index (χ3n) is 5.70. The molecule has 0 fully saturated rings. The number of ketones is 1. The summed E-state index contributed by atoms with van der Waals surface area (Å²) in [6.07, 6.45) is 2.06. The molecule has 1 N–H and O–H groups in total. The maximum absolute atomic E-state index is 12.8. The number of fused-ring (bicyclic) bond motifs is 2. The lowest BCUT2D eigenvalue weighted by Crippen LogP contribution is -2.20. The van der Waals surface area contributed by atoms with E-state index in [2.05, 4.69) is 9.97 Å². The van der Waals surface area contributed by atoms with Gasteiger partial charge in [0.25, 0.3) is 0 Å². The Kier molecular flexibility index (Phi) is 6.28. The third-order valence-corrected chi connectivity index (χ3v) is 6.23. The molecule has 2 heterocycles. The highest BCUT2D eigenvalue weighted by atomic mass is 35.5. The summed E-state index contributed by atoms with van der Waals surface area (Å²) in [5.41, 5.74) is 2.93. The van der Waals surface area contributed by atoms with Crippen LogP contribution in [-0.2, 0) is 11.2 Å². The van der Waals surface area contributed by atoms with Crippen molar-refractivity contribution in [1.29, 1.82) is 0 Å². The van der Waals surface area contributed by atoms with Gasteiger partial charge in [-0.05, 0) is 55.0 Å². The van der Waals surface area contributed by atoms with Crippen molar-refractivity contribution in [3.05, 3.63) is 87.7 Å². The van der Waals surface area contributed by atoms with Gasteiger partial charge in [0.1, 0.15) is 17.2 Å². The molecule has 1 atom stereocenters. The van der Waals surface area contributed by atoms with Crippen molar-refractivity contribution >= 4 is 46.0 Å². The first-order valence-electron chi connectivity index (χ1n) is 10.8. The molecule has 0 spiro atoms. The second-order valence-corrected chi connectivity index (χ2v) is 8.91. The van der Waals surface area contributed by atoms with Gasteiger partial charge in [0.15, 0.2) is 5.78 Å². The molecule has 0 saturated heterocycles. The Hall–Kier alpha value is -3.68. The molecule has 1 aliphatic heterocycles. The maximum atomic E-state index is 12.8. The molecule has 5 rings (SSSR count). The predicted molar refractivity (Wildman–Crippen MR) is 131 cm³/mol. The highest BCUT2D eigenvalue weighted by Gasteiger charge is 2.29. The van der Waals surface area contributed by atoms with Crippen LogP contribution in [0.25, 0.3) is 11.0 Å². The van der Waals surface area contributed by atoms with E-state index in [4.69, 9.17) is 32.7 Å². The fourth-order valence-corrected chi connectivity index (χ4v) is 4.31. The number of rotatable bonds is 6. The van der Waals surface area contributed by atoms with Gasteiger partial charge in [-0.3, -0.25) is 14.6 Å². The Morgan fingerprint density at radius 3 is 2.63 bits per heavy atom. The van der Waals surface area contributed by atoms with Crippen LogP contribution in [0.2, 0.25) is 10.0 Å². The number of hydrogen-bond acceptors (Lipinski definition) is 6. The minimum Gasteiger partial charge on any atom is -0.493 e. The van der Waals surface area contributed by atoms with E-state index >= 15 is 0 Å². The lowest BCUT2D eigenvalue weighted by molar-refractivity contribution is -0.139. The average Bonchev–Trinajstić information content (AvgIpc) is 2.84. The molecule has 0 amide bonds. The Bertz CT molecular complexity index is 1460. The van der Waals surface area contributed by atoms with Crippen molar-refractivity contribution in [3.8, 4) is 17.2 Å². The summed E-state index contributed by atoms with van der Waals surface area (Å²) >= 11 is 12.3. The lowest BCUT2D eigenvalue weighted by atomic mass is 9.93. The van der Waals surface area contributed by atoms with Crippen molar-refractivity contribution in [3.63, 3.8) is 0 Å². The largest absolute Gasteiger partial charge is 0.493 e. The van der Waals surface area contributed by atoms with Crippen molar-refractivity contribution in [1.82, 2.24) is 9.97 Å². The molecule has 7 nitrogen and oxygen atoms in total. The van der Waals surface area contributed by atoms with Gasteiger partial charge in [-0.1, -0.05) is 23.2 Å². The summed E-state index contributed by atoms with van der Waals surface area (Å²) < 4.78 is 11.5. The zero-order valence-corrected chi connectivity index (χ0v) is 19.7. The smallest absolute Gasteiger partial charge is 0.311 e. The molecule has 0 radical (unpaired) electrons. The first kappa shape index (κ1) is 23.1. The quantitative estimate of drug-likeness (QED) is 0.314. The number of carboxylic acids is 1. The SMILES string of the molecule is O=C(Cc1cnc2cc(Cl)ccc2n1)c1ccc(Oc2cc3c(cc2Cl)C(C(=O)O)CCO3)cc1. The van der Waals surface area contributed by atoms with E-state index in [1.54, 1.807) is 60.8 Å². The Labute approximate surface area is 210 Å². The summed E-state index contributed by atoms with van der Waals surface area (Å²) in [6.45, 7) is 0.303. The van der Waals surface area contributed by atoms with E-state index in [9.17, 15) is 14.7 Å². The van der Waals surface area contributed by atoms with Gasteiger partial charge in [0.05, 0.1) is 40.7 Å². The van der Waals surface area contributed by atoms with Crippen LogP contribution in [0.1, 0.15) is 34.0 Å². The summed E-state index contributed by atoms with van der Waals surface area (Å²) in [5, 5.41) is 10.3. The number of Topliss-reactive ketones (excluding diaryl/α,β-unsaturated/α-hetero) is 1. The van der Waals surface area contributed by atoms with E-state index in [0.717, 1.165) is 0 Å². The Balaban J connectivity index is 1.30. The fourth-order valence-electron chi connectivity index (χ4n) is 3.93. The molecule has 3 aromatic carbocycles. The summed E-state index contributed by atoms with van der Waals surface area (Å²) in [5.74, 6) is -0.453. The van der Waals surface area contributed by atoms with Crippen LogP contribution in [0.5, 0.6) is 17.2 Å². The lowest BCUT2D eigenvalue weighted by Gasteiger charge is -2.24. The van der Waals surface area contributed by atoms with E-state index in [1.807, 2.05) is 0 Å².